The van der Waals surface area contributed by atoms with Gasteiger partial charge >= 0.3 is 5.97 Å². The lowest BCUT2D eigenvalue weighted by molar-refractivity contribution is -0.137. The second-order valence-electron chi connectivity index (χ2n) is 3.77. The third-order valence-corrected chi connectivity index (χ3v) is 3.97. The Balaban J connectivity index is 2.74. The summed E-state index contributed by atoms with van der Waals surface area (Å²) in [4.78, 5) is 22.3. The molecule has 0 saturated heterocycles. The van der Waals surface area contributed by atoms with Gasteiger partial charge in [-0.05, 0) is 50.4 Å². The molecule has 0 aliphatic heterocycles. The van der Waals surface area contributed by atoms with Crippen molar-refractivity contribution in [3.63, 3.8) is 0 Å². The van der Waals surface area contributed by atoms with Crippen molar-refractivity contribution in [1.82, 2.24) is 0 Å². The molecule has 5 nitrogen and oxygen atoms in total. The molecule has 1 atom stereocenters. The first-order valence-electron chi connectivity index (χ1n) is 5.24. The Morgan fingerprint density at radius 2 is 1.79 bits per heavy atom. The lowest BCUT2D eigenvalue weighted by Crippen LogP contribution is -2.36. The first kappa shape index (κ1) is 16.6. The van der Waals surface area contributed by atoms with Crippen LogP contribution in [0, 0.1) is 0 Å². The van der Waals surface area contributed by atoms with Gasteiger partial charge in [0.05, 0.1) is 11.7 Å². The zero-order chi connectivity index (χ0) is 14.6. The number of hydrogen-bond acceptors (Lipinski definition) is 3. The molecule has 8 heteroatoms. The molecule has 0 aliphatic rings. The van der Waals surface area contributed by atoms with Crippen molar-refractivity contribution in [1.29, 1.82) is 0 Å². The molecule has 0 heterocycles. The Morgan fingerprint density at radius 1 is 1.26 bits per heavy atom. The maximum Gasteiger partial charge on any atom is 0.303 e. The van der Waals surface area contributed by atoms with E-state index in [1.807, 2.05) is 0 Å². The number of hydrogen-bond donors (Lipinski definition) is 3. The van der Waals surface area contributed by atoms with Crippen LogP contribution in [0.1, 0.15) is 12.8 Å². The van der Waals surface area contributed by atoms with E-state index in [0.29, 0.717) is 14.6 Å². The van der Waals surface area contributed by atoms with Gasteiger partial charge < -0.3 is 16.2 Å². The number of anilines is 1. The average molecular weight is 459 g/mol. The summed E-state index contributed by atoms with van der Waals surface area (Å²) in [5, 5.41) is 11.2. The van der Waals surface area contributed by atoms with Crippen molar-refractivity contribution in [2.45, 2.75) is 18.9 Å². The number of nitrogens with one attached hydrogen (secondary N) is 1. The number of carbonyl (C=O) groups is 2. The van der Waals surface area contributed by atoms with Crippen molar-refractivity contribution in [3.05, 3.63) is 25.6 Å². The molecule has 0 radical (unpaired) electrons. The Morgan fingerprint density at radius 3 is 2.26 bits per heavy atom. The van der Waals surface area contributed by atoms with Gasteiger partial charge in [-0.15, -0.1) is 0 Å². The van der Waals surface area contributed by atoms with E-state index < -0.39 is 17.9 Å². The quantitative estimate of drug-likeness (QED) is 0.632. The van der Waals surface area contributed by atoms with E-state index in [-0.39, 0.29) is 12.8 Å². The number of nitrogens with two attached hydrogens (primary N) is 1. The number of amides is 1. The standard InChI is InChI=1S/C11H11Br3N2O3/c12-5-3-6(13)10(7(14)4-5)16-11(19)8(15)1-2-9(17)18/h3-4,8H,1-2,15H2,(H,16,19)(H,17,18). The van der Waals surface area contributed by atoms with Crippen LogP contribution in [0.2, 0.25) is 0 Å². The molecule has 104 valence electrons. The fourth-order valence-corrected chi connectivity index (χ4v) is 3.74. The zero-order valence-electron chi connectivity index (χ0n) is 9.62. The van der Waals surface area contributed by atoms with E-state index in [1.165, 1.54) is 0 Å². The van der Waals surface area contributed by atoms with E-state index in [9.17, 15) is 9.59 Å². The Hall–Kier alpha value is -0.440. The summed E-state index contributed by atoms with van der Waals surface area (Å²) >= 11 is 9.98. The topological polar surface area (TPSA) is 92.4 Å². The van der Waals surface area contributed by atoms with Gasteiger partial charge in [-0.1, -0.05) is 15.9 Å². The van der Waals surface area contributed by atoms with Crippen molar-refractivity contribution < 1.29 is 14.7 Å². The second kappa shape index (κ2) is 7.37. The minimum Gasteiger partial charge on any atom is -0.481 e. The predicted octanol–water partition coefficient (Wildman–Crippen LogP) is 3.10. The molecule has 1 rings (SSSR count). The van der Waals surface area contributed by atoms with Crippen molar-refractivity contribution in [2.75, 3.05) is 5.32 Å². The fourth-order valence-electron chi connectivity index (χ4n) is 1.29. The van der Waals surface area contributed by atoms with E-state index in [0.717, 1.165) is 4.47 Å². The number of carboxylic acids is 1. The van der Waals surface area contributed by atoms with Crippen molar-refractivity contribution in [2.24, 2.45) is 5.73 Å². The summed E-state index contributed by atoms with van der Waals surface area (Å²) in [5.41, 5.74) is 6.18. The molecule has 1 amide bonds. The third kappa shape index (κ3) is 5.21. The molecule has 0 aliphatic carbocycles. The van der Waals surface area contributed by atoms with E-state index in [1.54, 1.807) is 12.1 Å². The Labute approximate surface area is 135 Å². The van der Waals surface area contributed by atoms with Gasteiger partial charge in [-0.2, -0.15) is 0 Å². The minimum absolute atomic E-state index is 0.0902. The lowest BCUT2D eigenvalue weighted by atomic mass is 10.1. The number of benzene rings is 1. The van der Waals surface area contributed by atoms with Crippen molar-refractivity contribution in [3.8, 4) is 0 Å². The van der Waals surface area contributed by atoms with Gasteiger partial charge in [0.25, 0.3) is 0 Å². The monoisotopic (exact) mass is 456 g/mol. The van der Waals surface area contributed by atoms with Crippen molar-refractivity contribution >= 4 is 65.4 Å². The summed E-state index contributed by atoms with van der Waals surface area (Å²) in [7, 11) is 0. The number of carboxylic acid groups (broad SMARTS) is 1. The molecule has 1 aromatic carbocycles. The molecule has 1 unspecified atom stereocenters. The van der Waals surface area contributed by atoms with E-state index in [2.05, 4.69) is 53.1 Å². The first-order valence-corrected chi connectivity index (χ1v) is 7.62. The second-order valence-corrected chi connectivity index (χ2v) is 6.40. The smallest absolute Gasteiger partial charge is 0.303 e. The normalized spacial score (nSPS) is 12.0. The molecule has 0 saturated carbocycles. The van der Waals surface area contributed by atoms with Crippen LogP contribution in [-0.2, 0) is 9.59 Å². The average Bonchev–Trinajstić information content (AvgIpc) is 2.30. The summed E-state index contributed by atoms with van der Waals surface area (Å²) in [6, 6.07) is 2.70. The molecule has 0 aromatic heterocycles. The zero-order valence-corrected chi connectivity index (χ0v) is 14.4. The van der Waals surface area contributed by atoms with Gasteiger partial charge in [-0.3, -0.25) is 9.59 Å². The van der Waals surface area contributed by atoms with Gasteiger partial charge in [-0.25, -0.2) is 0 Å². The Bertz CT molecular complexity index is 485. The summed E-state index contributed by atoms with van der Waals surface area (Å²) < 4.78 is 2.22. The molecular formula is C11H11Br3N2O3. The largest absolute Gasteiger partial charge is 0.481 e. The van der Waals surface area contributed by atoms with E-state index >= 15 is 0 Å². The van der Waals surface area contributed by atoms with Crippen LogP contribution in [0.5, 0.6) is 0 Å². The highest BCUT2D eigenvalue weighted by Crippen LogP contribution is 2.34. The van der Waals surface area contributed by atoms with Gasteiger partial charge in [0.1, 0.15) is 0 Å². The molecule has 4 N–H and O–H groups in total. The van der Waals surface area contributed by atoms with Gasteiger partial charge in [0, 0.05) is 19.8 Å². The van der Waals surface area contributed by atoms with Crippen LogP contribution >= 0.6 is 47.8 Å². The van der Waals surface area contributed by atoms with E-state index in [4.69, 9.17) is 10.8 Å². The van der Waals surface area contributed by atoms with Crippen LogP contribution in [0.15, 0.2) is 25.6 Å². The van der Waals surface area contributed by atoms with Crippen LogP contribution in [0.25, 0.3) is 0 Å². The highest BCUT2D eigenvalue weighted by Gasteiger charge is 2.17. The van der Waals surface area contributed by atoms with Gasteiger partial charge in [0.15, 0.2) is 0 Å². The molecule has 0 fully saturated rings. The van der Waals surface area contributed by atoms with Crippen LogP contribution in [-0.4, -0.2) is 23.0 Å². The van der Waals surface area contributed by atoms with Crippen LogP contribution in [0.3, 0.4) is 0 Å². The highest BCUT2D eigenvalue weighted by atomic mass is 79.9. The summed E-state index contributed by atoms with van der Waals surface area (Å²) in [6.45, 7) is 0. The fraction of sp³-hybridized carbons (Fsp3) is 0.273. The molecule has 0 spiro atoms. The minimum atomic E-state index is -0.978. The summed E-state index contributed by atoms with van der Waals surface area (Å²) in [6.07, 6.45) is -0.0514. The van der Waals surface area contributed by atoms with Gasteiger partial charge in [0.2, 0.25) is 5.91 Å². The SMILES string of the molecule is NC(CCC(=O)O)C(=O)Nc1c(Br)cc(Br)cc1Br. The molecule has 1 aromatic rings. The maximum absolute atomic E-state index is 11.8. The predicted molar refractivity (Wildman–Crippen MR) is 83.0 cm³/mol. The van der Waals surface area contributed by atoms with Crippen LogP contribution < -0.4 is 11.1 Å². The summed E-state index contributed by atoms with van der Waals surface area (Å²) in [5.74, 6) is -1.40. The first-order chi connectivity index (χ1) is 8.81. The molecule has 19 heavy (non-hydrogen) atoms. The highest BCUT2D eigenvalue weighted by molar-refractivity contribution is 9.11. The number of aliphatic carboxylic acids is 1. The lowest BCUT2D eigenvalue weighted by Gasteiger charge is -2.14. The number of halogens is 3. The Kier molecular flexibility index (Phi) is 6.45. The maximum atomic E-state index is 11.8. The molecule has 0 bridgehead atoms. The number of rotatable bonds is 5. The molecular weight excluding hydrogens is 448 g/mol. The van der Waals surface area contributed by atoms with Crippen LogP contribution in [0.4, 0.5) is 5.69 Å². The number of carbonyl (C=O) groups excluding carboxylic acids is 1. The third-order valence-electron chi connectivity index (χ3n) is 2.26.